The van der Waals surface area contributed by atoms with E-state index in [9.17, 15) is 4.39 Å². The highest BCUT2D eigenvalue weighted by Gasteiger charge is 2.13. The van der Waals surface area contributed by atoms with Gasteiger partial charge in [0.05, 0.1) is 18.4 Å². The molecule has 6 heteroatoms. The number of aromatic nitrogens is 2. The fourth-order valence-corrected chi connectivity index (χ4v) is 1.52. The molecule has 0 saturated carbocycles. The summed E-state index contributed by atoms with van der Waals surface area (Å²) in [6.07, 6.45) is 0. The summed E-state index contributed by atoms with van der Waals surface area (Å²) in [6, 6.07) is 6.20. The van der Waals surface area contributed by atoms with Crippen LogP contribution in [0.5, 0.6) is 5.75 Å². The minimum absolute atomic E-state index is 0.0660. The van der Waals surface area contributed by atoms with Crippen molar-refractivity contribution in [1.82, 2.24) is 10.2 Å². The topological polar surface area (TPSA) is 87.7 Å². The van der Waals surface area contributed by atoms with Crippen LogP contribution >= 0.6 is 0 Å². The van der Waals surface area contributed by atoms with Gasteiger partial charge in [-0.1, -0.05) is 0 Å². The van der Waals surface area contributed by atoms with Crippen molar-refractivity contribution in [1.29, 1.82) is 5.26 Å². The molecule has 0 amide bonds. The summed E-state index contributed by atoms with van der Waals surface area (Å²) in [5, 5.41) is 15.3. The number of benzene rings is 1. The van der Waals surface area contributed by atoms with Crippen LogP contribution in [-0.2, 0) is 0 Å². The number of anilines is 1. The van der Waals surface area contributed by atoms with Gasteiger partial charge in [0.15, 0.2) is 11.6 Å². The Kier molecular flexibility index (Phi) is 2.66. The van der Waals surface area contributed by atoms with E-state index in [1.54, 1.807) is 6.07 Å². The van der Waals surface area contributed by atoms with Crippen LogP contribution in [0.15, 0.2) is 18.2 Å². The lowest BCUT2D eigenvalue weighted by molar-refractivity contribution is 0.385. The van der Waals surface area contributed by atoms with Crippen molar-refractivity contribution < 1.29 is 9.13 Å². The number of ether oxygens (including phenoxy) is 1. The summed E-state index contributed by atoms with van der Waals surface area (Å²) in [7, 11) is 1.31. The molecule has 0 aliphatic rings. The molecule has 86 valence electrons. The lowest BCUT2D eigenvalue weighted by atomic mass is 10.1. The standard InChI is InChI=1S/C11H9FN4O/c1-17-11-7(5-13)2-6(3-8(11)12)9-4-10(14)16-15-9/h2-4H,1H3,(H3,14,15,16). The highest BCUT2D eigenvalue weighted by atomic mass is 19.1. The number of H-pyrrole nitrogens is 1. The number of halogens is 1. The lowest BCUT2D eigenvalue weighted by Crippen LogP contribution is -1.93. The second kappa shape index (κ2) is 4.14. The van der Waals surface area contributed by atoms with Crippen LogP contribution in [0.4, 0.5) is 10.2 Å². The van der Waals surface area contributed by atoms with Crippen molar-refractivity contribution in [2.75, 3.05) is 12.8 Å². The maximum atomic E-state index is 13.6. The van der Waals surface area contributed by atoms with E-state index in [1.165, 1.54) is 19.2 Å². The van der Waals surface area contributed by atoms with Gasteiger partial charge < -0.3 is 10.5 Å². The quantitative estimate of drug-likeness (QED) is 0.824. The maximum Gasteiger partial charge on any atom is 0.172 e. The molecule has 0 unspecified atom stereocenters. The van der Waals surface area contributed by atoms with Crippen LogP contribution in [0.25, 0.3) is 11.3 Å². The summed E-state index contributed by atoms with van der Waals surface area (Å²) < 4.78 is 18.5. The molecular weight excluding hydrogens is 223 g/mol. The Morgan fingerprint density at radius 1 is 1.47 bits per heavy atom. The normalized spacial score (nSPS) is 9.94. The summed E-state index contributed by atoms with van der Waals surface area (Å²) in [5.41, 5.74) is 6.61. The van der Waals surface area contributed by atoms with Crippen molar-refractivity contribution >= 4 is 5.82 Å². The van der Waals surface area contributed by atoms with Gasteiger partial charge in [-0.25, -0.2) is 4.39 Å². The first-order chi connectivity index (χ1) is 8.15. The third kappa shape index (κ3) is 1.90. The van der Waals surface area contributed by atoms with Gasteiger partial charge in [-0.3, -0.25) is 5.10 Å². The molecule has 17 heavy (non-hydrogen) atoms. The second-order valence-corrected chi connectivity index (χ2v) is 3.36. The van der Waals surface area contributed by atoms with E-state index in [0.29, 0.717) is 17.1 Å². The van der Waals surface area contributed by atoms with Crippen LogP contribution in [0.3, 0.4) is 0 Å². The van der Waals surface area contributed by atoms with Crippen LogP contribution < -0.4 is 10.5 Å². The molecule has 3 N–H and O–H groups in total. The zero-order valence-corrected chi connectivity index (χ0v) is 8.99. The number of rotatable bonds is 2. The summed E-state index contributed by atoms with van der Waals surface area (Å²) in [6.45, 7) is 0. The zero-order valence-electron chi connectivity index (χ0n) is 8.99. The van der Waals surface area contributed by atoms with Gasteiger partial charge in [0, 0.05) is 11.6 Å². The molecule has 0 spiro atoms. The van der Waals surface area contributed by atoms with E-state index in [2.05, 4.69) is 10.2 Å². The van der Waals surface area contributed by atoms with Crippen molar-refractivity contribution in [3.63, 3.8) is 0 Å². The van der Waals surface area contributed by atoms with Crippen LogP contribution in [-0.4, -0.2) is 17.3 Å². The van der Waals surface area contributed by atoms with Gasteiger partial charge >= 0.3 is 0 Å². The third-order valence-corrected chi connectivity index (χ3v) is 2.28. The molecule has 1 aromatic carbocycles. The van der Waals surface area contributed by atoms with E-state index in [1.807, 2.05) is 6.07 Å². The first-order valence-electron chi connectivity index (χ1n) is 4.74. The van der Waals surface area contributed by atoms with E-state index in [4.69, 9.17) is 15.7 Å². The van der Waals surface area contributed by atoms with E-state index < -0.39 is 5.82 Å². The first kappa shape index (κ1) is 11.0. The monoisotopic (exact) mass is 232 g/mol. The summed E-state index contributed by atoms with van der Waals surface area (Å²) in [5.74, 6) is -0.367. The molecule has 0 atom stereocenters. The number of hydrogen-bond donors (Lipinski definition) is 2. The molecular formula is C11H9FN4O. The van der Waals surface area contributed by atoms with Crippen molar-refractivity contribution in [2.24, 2.45) is 0 Å². The number of methoxy groups -OCH3 is 1. The van der Waals surface area contributed by atoms with Crippen molar-refractivity contribution in [3.8, 4) is 23.1 Å². The molecule has 0 fully saturated rings. The fraction of sp³-hybridized carbons (Fsp3) is 0.0909. The van der Waals surface area contributed by atoms with Crippen LogP contribution in [0, 0.1) is 17.1 Å². The molecule has 0 aliphatic heterocycles. The van der Waals surface area contributed by atoms with E-state index >= 15 is 0 Å². The Bertz CT molecular complexity index is 600. The van der Waals surface area contributed by atoms with Gasteiger partial charge in [-0.15, -0.1) is 0 Å². The highest BCUT2D eigenvalue weighted by molar-refractivity contribution is 5.66. The molecule has 1 heterocycles. The lowest BCUT2D eigenvalue weighted by Gasteiger charge is -2.06. The Morgan fingerprint density at radius 3 is 2.76 bits per heavy atom. The summed E-state index contributed by atoms with van der Waals surface area (Å²) in [4.78, 5) is 0. The fourth-order valence-electron chi connectivity index (χ4n) is 1.52. The number of nitrogen functional groups attached to an aromatic ring is 1. The average Bonchev–Trinajstić information content (AvgIpc) is 2.74. The Balaban J connectivity index is 2.58. The smallest absolute Gasteiger partial charge is 0.172 e. The van der Waals surface area contributed by atoms with E-state index in [-0.39, 0.29) is 11.3 Å². The van der Waals surface area contributed by atoms with Gasteiger partial charge in [-0.05, 0) is 12.1 Å². The number of nitrogens with zero attached hydrogens (tertiary/aromatic N) is 2. The molecule has 0 radical (unpaired) electrons. The minimum Gasteiger partial charge on any atom is -0.492 e. The molecule has 0 aliphatic carbocycles. The maximum absolute atomic E-state index is 13.6. The summed E-state index contributed by atoms with van der Waals surface area (Å²) >= 11 is 0. The Morgan fingerprint density at radius 2 is 2.24 bits per heavy atom. The number of aromatic amines is 1. The Hall–Kier alpha value is -2.55. The van der Waals surface area contributed by atoms with E-state index in [0.717, 1.165) is 0 Å². The van der Waals surface area contributed by atoms with Crippen LogP contribution in [0.2, 0.25) is 0 Å². The predicted octanol–water partition coefficient (Wildman–Crippen LogP) is 1.68. The number of nitriles is 1. The van der Waals surface area contributed by atoms with Gasteiger partial charge in [-0.2, -0.15) is 10.4 Å². The highest BCUT2D eigenvalue weighted by Crippen LogP contribution is 2.28. The van der Waals surface area contributed by atoms with Crippen molar-refractivity contribution in [3.05, 3.63) is 29.6 Å². The second-order valence-electron chi connectivity index (χ2n) is 3.36. The molecule has 2 aromatic rings. The number of nitrogens with two attached hydrogens (primary N) is 1. The average molecular weight is 232 g/mol. The van der Waals surface area contributed by atoms with Gasteiger partial charge in [0.25, 0.3) is 0 Å². The minimum atomic E-state index is -0.602. The Labute approximate surface area is 96.6 Å². The van der Waals surface area contributed by atoms with Gasteiger partial charge in [0.1, 0.15) is 11.9 Å². The first-order valence-corrected chi connectivity index (χ1v) is 4.74. The molecule has 0 saturated heterocycles. The number of hydrogen-bond acceptors (Lipinski definition) is 4. The largest absolute Gasteiger partial charge is 0.492 e. The molecule has 1 aromatic heterocycles. The molecule has 0 bridgehead atoms. The SMILES string of the molecule is COc1c(F)cc(-c2cc(N)n[nH]2)cc1C#N. The van der Waals surface area contributed by atoms with Crippen molar-refractivity contribution in [2.45, 2.75) is 0 Å². The number of nitrogens with one attached hydrogen (secondary N) is 1. The zero-order chi connectivity index (χ0) is 12.4. The third-order valence-electron chi connectivity index (χ3n) is 2.28. The molecule has 2 rings (SSSR count). The molecule has 5 nitrogen and oxygen atoms in total. The van der Waals surface area contributed by atoms with Crippen LogP contribution in [0.1, 0.15) is 5.56 Å². The van der Waals surface area contributed by atoms with Gasteiger partial charge in [0.2, 0.25) is 0 Å². The predicted molar refractivity (Wildman–Crippen MR) is 59.7 cm³/mol.